The maximum absolute atomic E-state index is 9.34. The minimum atomic E-state index is 0.0707. The molecule has 1 heterocycles. The molecule has 1 aliphatic rings. The molecule has 1 saturated heterocycles. The van der Waals surface area contributed by atoms with Crippen LogP contribution in [-0.4, -0.2) is 51.7 Å². The van der Waals surface area contributed by atoms with Gasteiger partial charge in [-0.2, -0.15) is 0 Å². The van der Waals surface area contributed by atoms with Crippen LogP contribution in [0.25, 0.3) is 0 Å². The zero-order valence-electron chi connectivity index (χ0n) is 9.63. The highest BCUT2D eigenvalue weighted by Crippen LogP contribution is 2.28. The lowest BCUT2D eigenvalue weighted by atomic mass is 9.85. The van der Waals surface area contributed by atoms with E-state index in [1.807, 2.05) is 0 Å². The van der Waals surface area contributed by atoms with Gasteiger partial charge in [0, 0.05) is 38.9 Å². The predicted molar refractivity (Wildman–Crippen MR) is 58.9 cm³/mol. The molecule has 4 nitrogen and oxygen atoms in total. The molecule has 0 aromatic carbocycles. The van der Waals surface area contributed by atoms with Crippen molar-refractivity contribution in [2.75, 3.05) is 46.6 Å². The van der Waals surface area contributed by atoms with Crippen LogP contribution in [0.5, 0.6) is 0 Å². The Labute approximate surface area is 92.0 Å². The number of hydrogen-bond donors (Lipinski definition) is 2. The van der Waals surface area contributed by atoms with Crippen molar-refractivity contribution in [3.63, 3.8) is 0 Å². The normalized spacial score (nSPS) is 26.0. The summed E-state index contributed by atoms with van der Waals surface area (Å²) in [5.74, 6) is 0. The first-order valence-corrected chi connectivity index (χ1v) is 5.71. The fourth-order valence-electron chi connectivity index (χ4n) is 1.92. The fourth-order valence-corrected chi connectivity index (χ4v) is 1.92. The van der Waals surface area contributed by atoms with Crippen molar-refractivity contribution < 1.29 is 14.6 Å². The molecule has 1 atom stereocenters. The first kappa shape index (κ1) is 12.9. The Morgan fingerprint density at radius 3 is 2.80 bits per heavy atom. The van der Waals surface area contributed by atoms with Gasteiger partial charge >= 0.3 is 0 Å². The minimum absolute atomic E-state index is 0.0707. The molecule has 2 N–H and O–H groups in total. The second-order valence-corrected chi connectivity index (χ2v) is 4.29. The largest absolute Gasteiger partial charge is 0.396 e. The topological polar surface area (TPSA) is 50.7 Å². The Hall–Kier alpha value is -0.160. The maximum Gasteiger partial charge on any atom is 0.0500 e. The number of ether oxygens (including phenoxy) is 2. The van der Waals surface area contributed by atoms with Gasteiger partial charge in [-0.1, -0.05) is 0 Å². The van der Waals surface area contributed by atoms with Gasteiger partial charge in [-0.05, 0) is 25.8 Å². The summed E-state index contributed by atoms with van der Waals surface area (Å²) >= 11 is 0. The molecular weight excluding hydrogens is 194 g/mol. The van der Waals surface area contributed by atoms with Crippen molar-refractivity contribution in [3.8, 4) is 0 Å². The first-order chi connectivity index (χ1) is 7.33. The summed E-state index contributed by atoms with van der Waals surface area (Å²) in [6.45, 7) is 4.46. The molecule has 1 rings (SSSR count). The van der Waals surface area contributed by atoms with E-state index in [2.05, 4.69) is 5.32 Å². The third-order valence-electron chi connectivity index (χ3n) is 3.08. The number of nitrogens with one attached hydrogen (secondary N) is 1. The zero-order valence-corrected chi connectivity index (χ0v) is 9.63. The van der Waals surface area contributed by atoms with Crippen molar-refractivity contribution in [2.24, 2.45) is 5.41 Å². The number of aliphatic hydroxyl groups excluding tert-OH is 1. The molecule has 0 bridgehead atoms. The van der Waals surface area contributed by atoms with Crippen molar-refractivity contribution >= 4 is 0 Å². The average Bonchev–Trinajstić information content (AvgIpc) is 2.73. The molecule has 1 fully saturated rings. The van der Waals surface area contributed by atoms with E-state index in [1.165, 1.54) is 0 Å². The summed E-state index contributed by atoms with van der Waals surface area (Å²) in [6.07, 6.45) is 2.95. The summed E-state index contributed by atoms with van der Waals surface area (Å²) in [5.41, 5.74) is 0.0707. The van der Waals surface area contributed by atoms with Crippen LogP contribution < -0.4 is 5.32 Å². The Morgan fingerprint density at radius 2 is 2.20 bits per heavy atom. The predicted octanol–water partition coefficient (Wildman–Crippen LogP) is 0.402. The van der Waals surface area contributed by atoms with Gasteiger partial charge in [0.2, 0.25) is 0 Å². The second kappa shape index (κ2) is 7.17. The second-order valence-electron chi connectivity index (χ2n) is 4.29. The van der Waals surface area contributed by atoms with Gasteiger partial charge < -0.3 is 19.9 Å². The highest BCUT2D eigenvalue weighted by Gasteiger charge is 2.32. The quantitative estimate of drug-likeness (QED) is 0.578. The summed E-state index contributed by atoms with van der Waals surface area (Å²) in [6, 6.07) is 0. The molecule has 0 aromatic rings. The molecule has 90 valence electrons. The Bertz CT molecular complexity index is 158. The molecule has 4 heteroatoms. The van der Waals surface area contributed by atoms with E-state index in [0.717, 1.165) is 52.2 Å². The number of hydrogen-bond acceptors (Lipinski definition) is 4. The van der Waals surface area contributed by atoms with Crippen LogP contribution in [0, 0.1) is 5.41 Å². The van der Waals surface area contributed by atoms with Crippen LogP contribution in [-0.2, 0) is 9.47 Å². The molecule has 0 aliphatic carbocycles. The van der Waals surface area contributed by atoms with Crippen LogP contribution in [0.2, 0.25) is 0 Å². The highest BCUT2D eigenvalue weighted by atomic mass is 16.5. The molecule has 0 radical (unpaired) electrons. The Morgan fingerprint density at radius 1 is 1.33 bits per heavy atom. The van der Waals surface area contributed by atoms with E-state index in [4.69, 9.17) is 9.47 Å². The molecule has 0 saturated carbocycles. The maximum atomic E-state index is 9.34. The third-order valence-corrected chi connectivity index (χ3v) is 3.08. The van der Waals surface area contributed by atoms with Crippen molar-refractivity contribution in [2.45, 2.75) is 19.3 Å². The van der Waals surface area contributed by atoms with Crippen LogP contribution >= 0.6 is 0 Å². The molecule has 0 aromatic heterocycles. The van der Waals surface area contributed by atoms with E-state index in [1.54, 1.807) is 7.11 Å². The fraction of sp³-hybridized carbons (Fsp3) is 1.00. The molecule has 1 unspecified atom stereocenters. The van der Waals surface area contributed by atoms with Gasteiger partial charge in [0.1, 0.15) is 0 Å². The van der Waals surface area contributed by atoms with Crippen LogP contribution in [0.3, 0.4) is 0 Å². The van der Waals surface area contributed by atoms with Gasteiger partial charge in [0.05, 0.1) is 6.61 Å². The van der Waals surface area contributed by atoms with Crippen LogP contribution in [0.1, 0.15) is 19.3 Å². The van der Waals surface area contributed by atoms with E-state index in [9.17, 15) is 5.11 Å². The van der Waals surface area contributed by atoms with Gasteiger partial charge in [0.25, 0.3) is 0 Å². The lowest BCUT2D eigenvalue weighted by Gasteiger charge is -2.25. The molecule has 1 aliphatic heterocycles. The monoisotopic (exact) mass is 217 g/mol. The highest BCUT2D eigenvalue weighted by molar-refractivity contribution is 4.86. The van der Waals surface area contributed by atoms with E-state index in [0.29, 0.717) is 0 Å². The van der Waals surface area contributed by atoms with E-state index < -0.39 is 0 Å². The summed E-state index contributed by atoms with van der Waals surface area (Å²) in [4.78, 5) is 0. The summed E-state index contributed by atoms with van der Waals surface area (Å²) in [5, 5.41) is 12.6. The van der Waals surface area contributed by atoms with Crippen LogP contribution in [0.4, 0.5) is 0 Å². The molecule has 15 heavy (non-hydrogen) atoms. The van der Waals surface area contributed by atoms with Crippen molar-refractivity contribution in [1.29, 1.82) is 0 Å². The van der Waals surface area contributed by atoms with Crippen LogP contribution in [0.15, 0.2) is 0 Å². The standard InChI is InChI=1S/C11H23NO3/c1-14-6-2-7-15-8-4-11(10-13)3-5-12-9-11/h12-13H,2-10H2,1H3. The summed E-state index contributed by atoms with van der Waals surface area (Å²) in [7, 11) is 1.70. The molecule has 0 spiro atoms. The average molecular weight is 217 g/mol. The lowest BCUT2D eigenvalue weighted by molar-refractivity contribution is 0.0575. The summed E-state index contributed by atoms with van der Waals surface area (Å²) < 4.78 is 10.4. The SMILES string of the molecule is COCCCOCCC1(CO)CCNC1. The van der Waals surface area contributed by atoms with Gasteiger partial charge in [-0.15, -0.1) is 0 Å². The van der Waals surface area contributed by atoms with Crippen molar-refractivity contribution in [1.82, 2.24) is 5.32 Å². The molecule has 0 amide bonds. The number of rotatable bonds is 8. The smallest absolute Gasteiger partial charge is 0.0500 e. The number of aliphatic hydroxyl groups is 1. The van der Waals surface area contributed by atoms with Gasteiger partial charge in [0.15, 0.2) is 0 Å². The van der Waals surface area contributed by atoms with E-state index >= 15 is 0 Å². The zero-order chi connectivity index (χ0) is 11.0. The van der Waals surface area contributed by atoms with Crippen molar-refractivity contribution in [3.05, 3.63) is 0 Å². The Kier molecular flexibility index (Phi) is 6.17. The third kappa shape index (κ3) is 4.47. The van der Waals surface area contributed by atoms with E-state index in [-0.39, 0.29) is 12.0 Å². The lowest BCUT2D eigenvalue weighted by Crippen LogP contribution is -2.29. The Balaban J connectivity index is 2.02. The van der Waals surface area contributed by atoms with Gasteiger partial charge in [-0.3, -0.25) is 0 Å². The van der Waals surface area contributed by atoms with Gasteiger partial charge in [-0.25, -0.2) is 0 Å². The first-order valence-electron chi connectivity index (χ1n) is 5.71. The molecular formula is C11H23NO3. The minimum Gasteiger partial charge on any atom is -0.396 e. The number of methoxy groups -OCH3 is 1.